The van der Waals surface area contributed by atoms with E-state index in [4.69, 9.17) is 5.73 Å². The van der Waals surface area contributed by atoms with Gasteiger partial charge in [0.05, 0.1) is 6.04 Å². The summed E-state index contributed by atoms with van der Waals surface area (Å²) < 4.78 is 1.92. The maximum Gasteiger partial charge on any atom is 0.214 e. The standard InChI is InChI=1S/C12H15N5S/c1-8(13)9-2-6-11(7-3-9)18-12-14-15-16-17(12)10-4-5-10/h2-3,6-8,10H,4-5,13H2,1H3. The van der Waals surface area contributed by atoms with Crippen LogP contribution in [0.5, 0.6) is 0 Å². The zero-order valence-corrected chi connectivity index (χ0v) is 11.0. The van der Waals surface area contributed by atoms with Gasteiger partial charge in [-0.15, -0.1) is 5.10 Å². The molecular formula is C12H15N5S. The van der Waals surface area contributed by atoms with Crippen LogP contribution in [0.1, 0.15) is 37.4 Å². The van der Waals surface area contributed by atoms with Crippen molar-refractivity contribution in [1.82, 2.24) is 20.2 Å². The lowest BCUT2D eigenvalue weighted by Gasteiger charge is -2.06. The summed E-state index contributed by atoms with van der Waals surface area (Å²) >= 11 is 1.60. The van der Waals surface area contributed by atoms with Crippen molar-refractivity contribution in [3.8, 4) is 0 Å². The summed E-state index contributed by atoms with van der Waals surface area (Å²) in [7, 11) is 0. The first-order valence-corrected chi connectivity index (χ1v) is 6.87. The quantitative estimate of drug-likeness (QED) is 0.913. The van der Waals surface area contributed by atoms with Crippen LogP contribution in [0.25, 0.3) is 0 Å². The highest BCUT2D eigenvalue weighted by atomic mass is 32.2. The average Bonchev–Trinajstić information content (AvgIpc) is 3.11. The minimum atomic E-state index is 0.0702. The topological polar surface area (TPSA) is 69.6 Å². The molecular weight excluding hydrogens is 246 g/mol. The summed E-state index contributed by atoms with van der Waals surface area (Å²) in [5.74, 6) is 0. The van der Waals surface area contributed by atoms with Crippen molar-refractivity contribution in [2.75, 3.05) is 0 Å². The number of benzene rings is 1. The summed E-state index contributed by atoms with van der Waals surface area (Å²) in [5, 5.41) is 12.7. The molecule has 1 aliphatic rings. The van der Waals surface area contributed by atoms with Crippen LogP contribution < -0.4 is 5.73 Å². The van der Waals surface area contributed by atoms with Crippen molar-refractivity contribution >= 4 is 11.8 Å². The van der Waals surface area contributed by atoms with Crippen LogP contribution in [0.15, 0.2) is 34.3 Å². The second-order valence-corrected chi connectivity index (χ2v) is 5.64. The van der Waals surface area contributed by atoms with Crippen molar-refractivity contribution < 1.29 is 0 Å². The van der Waals surface area contributed by atoms with E-state index in [2.05, 4.69) is 39.8 Å². The third-order valence-electron chi connectivity index (χ3n) is 2.97. The molecule has 1 saturated carbocycles. The molecule has 0 bridgehead atoms. The van der Waals surface area contributed by atoms with Gasteiger partial charge in [-0.2, -0.15) is 0 Å². The first-order valence-electron chi connectivity index (χ1n) is 6.05. The number of tetrazole rings is 1. The third-order valence-corrected chi connectivity index (χ3v) is 3.93. The van der Waals surface area contributed by atoms with E-state index in [1.165, 1.54) is 12.8 Å². The Labute approximate surface area is 110 Å². The molecule has 1 atom stereocenters. The van der Waals surface area contributed by atoms with Crippen LogP contribution in [-0.4, -0.2) is 20.2 Å². The largest absolute Gasteiger partial charge is 0.324 e. The Kier molecular flexibility index (Phi) is 3.05. The number of nitrogens with zero attached hydrogens (tertiary/aromatic N) is 4. The van der Waals surface area contributed by atoms with Gasteiger partial charge in [0.1, 0.15) is 0 Å². The van der Waals surface area contributed by atoms with Crippen molar-refractivity contribution in [3.05, 3.63) is 29.8 Å². The Morgan fingerprint density at radius 1 is 1.33 bits per heavy atom. The molecule has 1 heterocycles. The summed E-state index contributed by atoms with van der Waals surface area (Å²) in [6, 6.07) is 8.81. The van der Waals surface area contributed by atoms with E-state index in [1.54, 1.807) is 11.8 Å². The SMILES string of the molecule is CC(N)c1ccc(Sc2nnnn2C2CC2)cc1. The van der Waals surface area contributed by atoms with Crippen LogP contribution in [0, 0.1) is 0 Å². The van der Waals surface area contributed by atoms with Gasteiger partial charge in [-0.25, -0.2) is 4.68 Å². The molecule has 0 amide bonds. The molecule has 1 aliphatic carbocycles. The molecule has 6 heteroatoms. The van der Waals surface area contributed by atoms with Crippen molar-refractivity contribution in [3.63, 3.8) is 0 Å². The fourth-order valence-corrected chi connectivity index (χ4v) is 2.59. The fraction of sp³-hybridized carbons (Fsp3) is 0.417. The second-order valence-electron chi connectivity index (χ2n) is 4.60. The van der Waals surface area contributed by atoms with E-state index >= 15 is 0 Å². The zero-order chi connectivity index (χ0) is 12.5. The lowest BCUT2D eigenvalue weighted by atomic mass is 10.1. The number of hydrogen-bond acceptors (Lipinski definition) is 5. The van der Waals surface area contributed by atoms with Gasteiger partial charge in [-0.05, 0) is 59.7 Å². The maximum atomic E-state index is 5.83. The summed E-state index contributed by atoms with van der Waals surface area (Å²) in [6.07, 6.45) is 2.37. The van der Waals surface area contributed by atoms with E-state index in [1.807, 2.05) is 11.6 Å². The van der Waals surface area contributed by atoms with Crippen molar-refractivity contribution in [1.29, 1.82) is 0 Å². The Hall–Kier alpha value is -1.40. The molecule has 2 aromatic rings. The smallest absolute Gasteiger partial charge is 0.214 e. The van der Waals surface area contributed by atoms with Gasteiger partial charge < -0.3 is 5.73 Å². The minimum absolute atomic E-state index is 0.0702. The first-order chi connectivity index (χ1) is 8.74. The van der Waals surface area contributed by atoms with Gasteiger partial charge in [0, 0.05) is 10.9 Å². The number of rotatable bonds is 4. The highest BCUT2D eigenvalue weighted by Crippen LogP contribution is 2.37. The second kappa shape index (κ2) is 4.70. The van der Waals surface area contributed by atoms with E-state index in [-0.39, 0.29) is 6.04 Å². The van der Waals surface area contributed by atoms with E-state index in [0.717, 1.165) is 15.6 Å². The molecule has 3 rings (SSSR count). The molecule has 0 radical (unpaired) electrons. The highest BCUT2D eigenvalue weighted by molar-refractivity contribution is 7.99. The van der Waals surface area contributed by atoms with Crippen molar-refractivity contribution in [2.45, 2.75) is 41.9 Å². The van der Waals surface area contributed by atoms with Gasteiger partial charge in [0.15, 0.2) is 0 Å². The van der Waals surface area contributed by atoms with Gasteiger partial charge in [0.25, 0.3) is 0 Å². The van der Waals surface area contributed by atoms with Crippen LogP contribution in [-0.2, 0) is 0 Å². The molecule has 1 unspecified atom stereocenters. The lowest BCUT2D eigenvalue weighted by Crippen LogP contribution is -2.04. The third kappa shape index (κ3) is 2.39. The Balaban J connectivity index is 1.77. The highest BCUT2D eigenvalue weighted by Gasteiger charge is 2.28. The summed E-state index contributed by atoms with van der Waals surface area (Å²) in [6.45, 7) is 1.98. The monoisotopic (exact) mass is 261 g/mol. The summed E-state index contributed by atoms with van der Waals surface area (Å²) in [4.78, 5) is 1.14. The zero-order valence-electron chi connectivity index (χ0n) is 10.2. The van der Waals surface area contributed by atoms with Gasteiger partial charge in [-0.1, -0.05) is 12.1 Å². The van der Waals surface area contributed by atoms with Crippen LogP contribution >= 0.6 is 11.8 Å². The number of aromatic nitrogens is 4. The van der Waals surface area contributed by atoms with E-state index in [9.17, 15) is 0 Å². The van der Waals surface area contributed by atoms with Gasteiger partial charge in [0.2, 0.25) is 5.16 Å². The normalized spacial score (nSPS) is 16.8. The summed E-state index contributed by atoms with van der Waals surface area (Å²) in [5.41, 5.74) is 6.97. The van der Waals surface area contributed by atoms with Gasteiger partial charge >= 0.3 is 0 Å². The fourth-order valence-electron chi connectivity index (χ4n) is 1.75. The van der Waals surface area contributed by atoms with Crippen LogP contribution in [0.4, 0.5) is 0 Å². The predicted molar refractivity (Wildman–Crippen MR) is 69.3 cm³/mol. The van der Waals surface area contributed by atoms with Gasteiger partial charge in [-0.3, -0.25) is 0 Å². The molecule has 0 saturated heterocycles. The Bertz CT molecular complexity index is 530. The van der Waals surface area contributed by atoms with E-state index < -0.39 is 0 Å². The molecule has 1 fully saturated rings. The van der Waals surface area contributed by atoms with E-state index in [0.29, 0.717) is 6.04 Å². The maximum absolute atomic E-state index is 5.83. The molecule has 0 aliphatic heterocycles. The first kappa shape index (κ1) is 11.7. The lowest BCUT2D eigenvalue weighted by molar-refractivity contribution is 0.565. The molecule has 1 aromatic carbocycles. The molecule has 2 N–H and O–H groups in total. The number of nitrogens with two attached hydrogens (primary N) is 1. The molecule has 5 nitrogen and oxygen atoms in total. The predicted octanol–water partition coefficient (Wildman–Crippen LogP) is 2.18. The Morgan fingerprint density at radius 3 is 2.67 bits per heavy atom. The number of hydrogen-bond donors (Lipinski definition) is 1. The molecule has 0 spiro atoms. The molecule has 18 heavy (non-hydrogen) atoms. The minimum Gasteiger partial charge on any atom is -0.324 e. The van der Waals surface area contributed by atoms with Crippen LogP contribution in [0.3, 0.4) is 0 Å². The van der Waals surface area contributed by atoms with Crippen molar-refractivity contribution in [2.24, 2.45) is 5.73 Å². The molecule has 94 valence electrons. The average molecular weight is 261 g/mol. The Morgan fingerprint density at radius 2 is 2.06 bits per heavy atom. The van der Waals surface area contributed by atoms with Crippen LogP contribution in [0.2, 0.25) is 0 Å². The molecule has 1 aromatic heterocycles.